The van der Waals surface area contributed by atoms with E-state index in [0.717, 1.165) is 37.6 Å². The lowest BCUT2D eigenvalue weighted by molar-refractivity contribution is -0.139. The van der Waals surface area contributed by atoms with Crippen molar-refractivity contribution in [3.8, 4) is 0 Å². The smallest absolute Gasteiger partial charge is 0.332 e. The van der Waals surface area contributed by atoms with Crippen molar-refractivity contribution in [2.24, 2.45) is 5.73 Å². The van der Waals surface area contributed by atoms with Gasteiger partial charge in [0.2, 0.25) is 0 Å². The van der Waals surface area contributed by atoms with Crippen LogP contribution in [0, 0.1) is 0 Å². The molecule has 2 rings (SSSR count). The Bertz CT molecular complexity index is 490. The summed E-state index contributed by atoms with van der Waals surface area (Å²) in [4.78, 5) is 13.7. The standard InChI is InChI=1S/C15H20N2O3/c1-12(16)9-15(18)20-11-13-3-2-4-14(10-13)17-5-7-19-8-6-17/h2-4,9-10H,5-8,11,16H2,1H3/b12-9-. The first-order chi connectivity index (χ1) is 9.65. The third kappa shape index (κ3) is 4.28. The highest BCUT2D eigenvalue weighted by molar-refractivity contribution is 5.82. The number of morpholine rings is 1. The number of esters is 1. The van der Waals surface area contributed by atoms with Crippen molar-refractivity contribution in [1.29, 1.82) is 0 Å². The maximum absolute atomic E-state index is 11.4. The molecule has 0 atom stereocenters. The average Bonchev–Trinajstić information content (AvgIpc) is 2.46. The summed E-state index contributed by atoms with van der Waals surface area (Å²) in [6, 6.07) is 8.01. The molecule has 1 aliphatic rings. The van der Waals surface area contributed by atoms with Crippen LogP contribution in [0.4, 0.5) is 5.69 Å². The molecule has 108 valence electrons. The van der Waals surface area contributed by atoms with E-state index in [4.69, 9.17) is 15.2 Å². The fourth-order valence-electron chi connectivity index (χ4n) is 2.05. The van der Waals surface area contributed by atoms with Gasteiger partial charge < -0.3 is 20.1 Å². The molecule has 0 aliphatic carbocycles. The largest absolute Gasteiger partial charge is 0.458 e. The second kappa shape index (κ2) is 6.96. The molecule has 1 heterocycles. The first kappa shape index (κ1) is 14.4. The van der Waals surface area contributed by atoms with Gasteiger partial charge in [-0.15, -0.1) is 0 Å². The summed E-state index contributed by atoms with van der Waals surface area (Å²) in [5.41, 5.74) is 7.96. The molecule has 1 aliphatic heterocycles. The van der Waals surface area contributed by atoms with Crippen LogP contribution < -0.4 is 10.6 Å². The van der Waals surface area contributed by atoms with Crippen molar-refractivity contribution in [2.45, 2.75) is 13.5 Å². The van der Waals surface area contributed by atoms with Crippen LogP contribution in [0.25, 0.3) is 0 Å². The Hall–Kier alpha value is -2.01. The third-order valence-electron chi connectivity index (χ3n) is 3.01. The summed E-state index contributed by atoms with van der Waals surface area (Å²) in [5, 5.41) is 0. The molecule has 0 amide bonds. The molecule has 0 aromatic heterocycles. The molecule has 0 saturated carbocycles. The highest BCUT2D eigenvalue weighted by atomic mass is 16.5. The van der Waals surface area contributed by atoms with Gasteiger partial charge in [0.15, 0.2) is 0 Å². The second-order valence-corrected chi connectivity index (χ2v) is 4.77. The maximum atomic E-state index is 11.4. The minimum atomic E-state index is -0.415. The number of hydrogen-bond acceptors (Lipinski definition) is 5. The summed E-state index contributed by atoms with van der Waals surface area (Å²) in [6.45, 7) is 5.18. The number of carbonyl (C=O) groups excluding carboxylic acids is 1. The SMILES string of the molecule is C/C(N)=C/C(=O)OCc1cccc(N2CCOCC2)c1. The molecule has 1 fully saturated rings. The van der Waals surface area contributed by atoms with Crippen molar-refractivity contribution in [1.82, 2.24) is 0 Å². The van der Waals surface area contributed by atoms with E-state index in [1.165, 1.54) is 6.08 Å². The van der Waals surface area contributed by atoms with Crippen LogP contribution in [-0.4, -0.2) is 32.3 Å². The molecule has 5 heteroatoms. The van der Waals surface area contributed by atoms with Crippen LogP contribution in [-0.2, 0) is 20.9 Å². The van der Waals surface area contributed by atoms with Crippen molar-refractivity contribution >= 4 is 11.7 Å². The molecule has 0 radical (unpaired) electrons. The zero-order valence-electron chi connectivity index (χ0n) is 11.7. The van der Waals surface area contributed by atoms with E-state index in [0.29, 0.717) is 5.70 Å². The van der Waals surface area contributed by atoms with Gasteiger partial charge in [-0.3, -0.25) is 0 Å². The maximum Gasteiger partial charge on any atom is 0.332 e. The summed E-state index contributed by atoms with van der Waals surface area (Å²) in [5.74, 6) is -0.415. The van der Waals surface area contributed by atoms with Gasteiger partial charge in [-0.1, -0.05) is 12.1 Å². The van der Waals surface area contributed by atoms with E-state index in [2.05, 4.69) is 11.0 Å². The first-order valence-electron chi connectivity index (χ1n) is 6.67. The number of nitrogens with zero attached hydrogens (tertiary/aromatic N) is 1. The Balaban J connectivity index is 1.95. The monoisotopic (exact) mass is 276 g/mol. The molecular formula is C15H20N2O3. The van der Waals surface area contributed by atoms with Crippen molar-refractivity contribution in [3.05, 3.63) is 41.6 Å². The van der Waals surface area contributed by atoms with Crippen LogP contribution in [0.1, 0.15) is 12.5 Å². The zero-order chi connectivity index (χ0) is 14.4. The lowest BCUT2D eigenvalue weighted by atomic mass is 10.2. The number of hydrogen-bond donors (Lipinski definition) is 1. The molecule has 0 spiro atoms. The van der Waals surface area contributed by atoms with Gasteiger partial charge >= 0.3 is 5.97 Å². The number of anilines is 1. The predicted molar refractivity (Wildman–Crippen MR) is 77.2 cm³/mol. The molecule has 5 nitrogen and oxygen atoms in total. The molecular weight excluding hydrogens is 256 g/mol. The average molecular weight is 276 g/mol. The summed E-state index contributed by atoms with van der Waals surface area (Å²) >= 11 is 0. The van der Waals surface area contributed by atoms with Gasteiger partial charge in [0.25, 0.3) is 0 Å². The van der Waals surface area contributed by atoms with Crippen molar-refractivity contribution in [2.75, 3.05) is 31.2 Å². The van der Waals surface area contributed by atoms with E-state index < -0.39 is 5.97 Å². The minimum absolute atomic E-state index is 0.251. The Labute approximate surface area is 119 Å². The van der Waals surface area contributed by atoms with E-state index in [1.54, 1.807) is 6.92 Å². The number of rotatable bonds is 4. The summed E-state index contributed by atoms with van der Waals surface area (Å²) in [7, 11) is 0. The van der Waals surface area contributed by atoms with Crippen LogP contribution >= 0.6 is 0 Å². The fraction of sp³-hybridized carbons (Fsp3) is 0.400. The van der Waals surface area contributed by atoms with E-state index in [1.807, 2.05) is 18.2 Å². The highest BCUT2D eigenvalue weighted by Gasteiger charge is 2.11. The Morgan fingerprint density at radius 1 is 1.45 bits per heavy atom. The number of carbonyl (C=O) groups is 1. The molecule has 2 N–H and O–H groups in total. The lowest BCUT2D eigenvalue weighted by Crippen LogP contribution is -2.36. The van der Waals surface area contributed by atoms with Gasteiger partial charge in [0, 0.05) is 30.5 Å². The van der Waals surface area contributed by atoms with Gasteiger partial charge in [-0.05, 0) is 24.6 Å². The van der Waals surface area contributed by atoms with Crippen LogP contribution in [0.5, 0.6) is 0 Å². The van der Waals surface area contributed by atoms with Crippen LogP contribution in [0.3, 0.4) is 0 Å². The number of benzene rings is 1. The van der Waals surface area contributed by atoms with Gasteiger partial charge in [0.1, 0.15) is 6.61 Å². The van der Waals surface area contributed by atoms with Gasteiger partial charge in [-0.2, -0.15) is 0 Å². The van der Waals surface area contributed by atoms with Crippen molar-refractivity contribution in [3.63, 3.8) is 0 Å². The normalized spacial score (nSPS) is 16.1. The molecule has 20 heavy (non-hydrogen) atoms. The lowest BCUT2D eigenvalue weighted by Gasteiger charge is -2.29. The Kier molecular flexibility index (Phi) is 5.01. The van der Waals surface area contributed by atoms with Crippen LogP contribution in [0.2, 0.25) is 0 Å². The number of allylic oxidation sites excluding steroid dienone is 1. The van der Waals surface area contributed by atoms with E-state index in [9.17, 15) is 4.79 Å². The van der Waals surface area contributed by atoms with Gasteiger partial charge in [0.05, 0.1) is 13.2 Å². The number of nitrogens with two attached hydrogens (primary N) is 1. The fourth-order valence-corrected chi connectivity index (χ4v) is 2.05. The third-order valence-corrected chi connectivity index (χ3v) is 3.01. The second-order valence-electron chi connectivity index (χ2n) is 4.77. The molecule has 1 aromatic rings. The Morgan fingerprint density at radius 2 is 2.20 bits per heavy atom. The van der Waals surface area contributed by atoms with Crippen molar-refractivity contribution < 1.29 is 14.3 Å². The zero-order valence-corrected chi connectivity index (χ0v) is 11.7. The summed E-state index contributed by atoms with van der Waals surface area (Å²) < 4.78 is 10.5. The molecule has 0 unspecified atom stereocenters. The molecule has 1 aromatic carbocycles. The number of ether oxygens (including phenoxy) is 2. The first-order valence-corrected chi connectivity index (χ1v) is 6.67. The summed E-state index contributed by atoms with van der Waals surface area (Å²) in [6.07, 6.45) is 1.28. The molecule has 1 saturated heterocycles. The van der Waals surface area contributed by atoms with Crippen LogP contribution in [0.15, 0.2) is 36.0 Å². The quantitative estimate of drug-likeness (QED) is 0.665. The highest BCUT2D eigenvalue weighted by Crippen LogP contribution is 2.18. The minimum Gasteiger partial charge on any atom is -0.458 e. The van der Waals surface area contributed by atoms with E-state index in [-0.39, 0.29) is 6.61 Å². The predicted octanol–water partition coefficient (Wildman–Crippen LogP) is 1.43. The molecule has 0 bridgehead atoms. The van der Waals surface area contributed by atoms with E-state index >= 15 is 0 Å². The topological polar surface area (TPSA) is 64.8 Å². The van der Waals surface area contributed by atoms with Gasteiger partial charge in [-0.25, -0.2) is 4.79 Å². The Morgan fingerprint density at radius 3 is 2.90 bits per heavy atom.